The van der Waals surface area contributed by atoms with Gasteiger partial charge in [0.15, 0.2) is 5.78 Å². The summed E-state index contributed by atoms with van der Waals surface area (Å²) in [7, 11) is -2.46. The molecule has 2 aliphatic carbocycles. The van der Waals surface area contributed by atoms with E-state index in [1.165, 1.54) is 39.8 Å². The second kappa shape index (κ2) is 10.5. The molecule has 1 saturated carbocycles. The lowest BCUT2D eigenvalue weighted by molar-refractivity contribution is 0.0722. The second-order valence-electron chi connectivity index (χ2n) is 10.9. The van der Waals surface area contributed by atoms with Gasteiger partial charge >= 0.3 is 0 Å². The first-order valence-corrected chi connectivity index (χ1v) is 15.3. The van der Waals surface area contributed by atoms with Gasteiger partial charge in [-0.2, -0.15) is 13.8 Å². The third kappa shape index (κ3) is 4.74. The van der Waals surface area contributed by atoms with Crippen LogP contribution in [0, 0.1) is 11.4 Å². The van der Waals surface area contributed by atoms with Crippen LogP contribution in [0.2, 0.25) is 5.02 Å². The van der Waals surface area contributed by atoms with E-state index in [-0.39, 0.29) is 29.5 Å². The van der Waals surface area contributed by atoms with Crippen molar-refractivity contribution >= 4 is 33.5 Å². The molecule has 218 valence electrons. The quantitative estimate of drug-likeness (QED) is 0.226. The summed E-state index contributed by atoms with van der Waals surface area (Å²) in [5.74, 6) is -0.833. The molecule has 4 heterocycles. The first-order valence-electron chi connectivity index (χ1n) is 13.4. The number of halogens is 2. The van der Waals surface area contributed by atoms with Crippen LogP contribution in [0.3, 0.4) is 0 Å². The van der Waals surface area contributed by atoms with Gasteiger partial charge in [-0.25, -0.2) is 23.1 Å². The van der Waals surface area contributed by atoms with Crippen molar-refractivity contribution in [2.75, 3.05) is 0 Å². The van der Waals surface area contributed by atoms with Crippen molar-refractivity contribution < 1.29 is 17.6 Å². The van der Waals surface area contributed by atoms with E-state index in [0.29, 0.717) is 23.6 Å². The van der Waals surface area contributed by atoms with Gasteiger partial charge in [-0.05, 0) is 75.4 Å². The Morgan fingerprint density at radius 3 is 2.67 bits per heavy atom. The van der Waals surface area contributed by atoms with Gasteiger partial charge in [0.25, 0.3) is 15.2 Å². The monoisotopic (exact) mass is 610 g/mol. The van der Waals surface area contributed by atoms with E-state index in [2.05, 4.69) is 25.1 Å². The minimum Gasteiger partial charge on any atom is -0.291 e. The van der Waals surface area contributed by atoms with Crippen molar-refractivity contribution in [1.29, 1.82) is 0 Å². The van der Waals surface area contributed by atoms with Crippen molar-refractivity contribution in [3.63, 3.8) is 0 Å². The highest BCUT2D eigenvalue weighted by Gasteiger charge is 2.52. The molecule has 42 heavy (non-hydrogen) atoms. The Bertz CT molecular complexity index is 1820. The van der Waals surface area contributed by atoms with Gasteiger partial charge in [-0.15, -0.1) is 5.10 Å². The summed E-state index contributed by atoms with van der Waals surface area (Å²) in [6.07, 6.45) is 9.30. The Hall–Kier alpha value is -3.81. The number of Topliss-reactive ketones (excluding diaryl/α,β-unsaturated/α-hetero) is 1. The van der Waals surface area contributed by atoms with Gasteiger partial charge < -0.3 is 0 Å². The zero-order chi connectivity index (χ0) is 29.8. The van der Waals surface area contributed by atoms with Crippen LogP contribution in [0.1, 0.15) is 54.9 Å². The van der Waals surface area contributed by atoms with E-state index >= 15 is 0 Å². The molecule has 0 radical (unpaired) electrons. The number of nitrogens with zero attached hydrogens (tertiary/aromatic N) is 8. The number of allylic oxidation sites excluding steroid dienone is 1. The van der Waals surface area contributed by atoms with Crippen LogP contribution in [0.5, 0.6) is 0 Å². The first kappa shape index (κ1) is 28.3. The number of hydrogen-bond acceptors (Lipinski definition) is 8. The fourth-order valence-corrected chi connectivity index (χ4v) is 8.09. The third-order valence-corrected chi connectivity index (χ3v) is 10.1. The molecule has 1 fully saturated rings. The highest BCUT2D eigenvalue weighted by molar-refractivity contribution is 7.89. The Balaban J connectivity index is 1.46. The summed E-state index contributed by atoms with van der Waals surface area (Å²) in [6.45, 7) is 3.61. The minimum absolute atomic E-state index is 0.206. The van der Waals surface area contributed by atoms with E-state index in [1.807, 2.05) is 6.08 Å². The molecule has 0 N–H and O–H groups in total. The summed E-state index contributed by atoms with van der Waals surface area (Å²) in [6, 6.07) is 5.06. The highest BCUT2D eigenvalue weighted by atomic mass is 35.5. The van der Waals surface area contributed by atoms with Gasteiger partial charge in [0, 0.05) is 30.4 Å². The normalized spacial score (nSPS) is 20.4. The fraction of sp³-hybridized carbons (Fsp3) is 0.357. The standard InChI is InChI=1S/C28H28ClFN8O3S/c1-17(2)38(42(40,41)27-33-16-36(3)35-27)21-5-4-19-10-24-18(14-34-37(24)22-6-7-25(30)32-15-22)12-28(19,13-21)26(39)23-11-20(29)8-9-31-23/h6-11,14-17,21H,4-5,12-13H2,1-3H3/t21-,28-/m0/s1. The number of hydrogen-bond donors (Lipinski definition) is 0. The molecule has 0 amide bonds. The molecule has 4 aromatic heterocycles. The van der Waals surface area contributed by atoms with Crippen LogP contribution < -0.4 is 0 Å². The van der Waals surface area contributed by atoms with Gasteiger partial charge in [-0.1, -0.05) is 17.2 Å². The topological polar surface area (TPSA) is 129 Å². The maximum Gasteiger partial charge on any atom is 0.282 e. The molecule has 0 aromatic carbocycles. The SMILES string of the molecule is CC(C)N([C@H]1CCC2=Cc3c(cnn3-c3ccc(F)nc3)C[C@]2(C(=O)c2cc(Cl)ccn2)C1)S(=O)(=O)c1ncn(C)n1. The third-order valence-electron chi connectivity index (χ3n) is 7.94. The molecule has 2 aliphatic rings. The molecule has 0 unspecified atom stereocenters. The summed E-state index contributed by atoms with van der Waals surface area (Å²) >= 11 is 6.26. The maximum atomic E-state index is 14.5. The molecule has 11 nitrogen and oxygen atoms in total. The molecule has 6 rings (SSSR count). The van der Waals surface area contributed by atoms with Gasteiger partial charge in [-0.3, -0.25) is 14.5 Å². The Morgan fingerprint density at radius 1 is 1.19 bits per heavy atom. The average molecular weight is 611 g/mol. The summed E-state index contributed by atoms with van der Waals surface area (Å²) in [5, 5.41) is 8.70. The van der Waals surface area contributed by atoms with E-state index in [4.69, 9.17) is 11.6 Å². The largest absolute Gasteiger partial charge is 0.291 e. The Morgan fingerprint density at radius 2 is 2.00 bits per heavy atom. The fourth-order valence-electron chi connectivity index (χ4n) is 6.20. The molecule has 4 aromatic rings. The van der Waals surface area contributed by atoms with Gasteiger partial charge in [0.2, 0.25) is 5.95 Å². The second-order valence-corrected chi connectivity index (χ2v) is 13.1. The molecular weight excluding hydrogens is 583 g/mol. The smallest absolute Gasteiger partial charge is 0.282 e. The number of ketones is 1. The van der Waals surface area contributed by atoms with Crippen molar-refractivity contribution in [2.45, 2.75) is 56.8 Å². The Kier molecular flexibility index (Phi) is 7.06. The number of rotatable bonds is 7. The van der Waals surface area contributed by atoms with Crippen LogP contribution in [0.25, 0.3) is 11.8 Å². The average Bonchev–Trinajstić information content (AvgIpc) is 3.57. The van der Waals surface area contributed by atoms with Crippen molar-refractivity contribution in [1.82, 2.24) is 38.8 Å². The molecule has 0 saturated heterocycles. The Labute approximate surface area is 247 Å². The predicted octanol–water partition coefficient (Wildman–Crippen LogP) is 4.04. The molecule has 0 spiro atoms. The lowest BCUT2D eigenvalue weighted by Crippen LogP contribution is -2.52. The number of carbonyl (C=O) groups is 1. The van der Waals surface area contributed by atoms with Crippen molar-refractivity contribution in [2.24, 2.45) is 12.5 Å². The van der Waals surface area contributed by atoms with Crippen LogP contribution in [-0.4, -0.2) is 65.1 Å². The van der Waals surface area contributed by atoms with Crippen molar-refractivity contribution in [3.8, 4) is 5.69 Å². The molecule has 0 aliphatic heterocycles. The zero-order valence-corrected chi connectivity index (χ0v) is 24.7. The lowest BCUT2D eigenvalue weighted by Gasteiger charge is -2.47. The zero-order valence-electron chi connectivity index (χ0n) is 23.1. The van der Waals surface area contributed by atoms with E-state index in [9.17, 15) is 17.6 Å². The van der Waals surface area contributed by atoms with Crippen LogP contribution >= 0.6 is 11.6 Å². The molecule has 2 atom stereocenters. The van der Waals surface area contributed by atoms with E-state index in [1.54, 1.807) is 43.9 Å². The summed E-state index contributed by atoms with van der Waals surface area (Å²) in [4.78, 5) is 26.6. The molecule has 14 heteroatoms. The highest BCUT2D eigenvalue weighted by Crippen LogP contribution is 2.51. The van der Waals surface area contributed by atoms with Crippen LogP contribution in [0.4, 0.5) is 4.39 Å². The minimum atomic E-state index is -4.07. The van der Waals surface area contributed by atoms with Gasteiger partial charge in [0.1, 0.15) is 12.0 Å². The number of pyridine rings is 2. The summed E-state index contributed by atoms with van der Waals surface area (Å²) < 4.78 is 45.6. The number of carbonyl (C=O) groups excluding carboxylic acids is 1. The lowest BCUT2D eigenvalue weighted by atomic mass is 9.60. The van der Waals surface area contributed by atoms with E-state index in [0.717, 1.165) is 16.8 Å². The van der Waals surface area contributed by atoms with Crippen LogP contribution in [0.15, 0.2) is 59.9 Å². The number of aryl methyl sites for hydroxylation is 1. The van der Waals surface area contributed by atoms with E-state index < -0.39 is 33.5 Å². The predicted molar refractivity (Wildman–Crippen MR) is 152 cm³/mol. The molecular formula is C28H28ClFN8O3S. The summed E-state index contributed by atoms with van der Waals surface area (Å²) in [5.41, 5.74) is 2.11. The maximum absolute atomic E-state index is 14.5. The number of aromatic nitrogens is 7. The van der Waals surface area contributed by atoms with Gasteiger partial charge in [0.05, 0.1) is 29.2 Å². The first-order chi connectivity index (χ1) is 20.0. The number of fused-ring (bicyclic) bond motifs is 2. The molecule has 0 bridgehead atoms. The van der Waals surface area contributed by atoms with Crippen LogP contribution in [-0.2, 0) is 23.5 Å². The van der Waals surface area contributed by atoms with Crippen molar-refractivity contribution in [3.05, 3.63) is 82.7 Å². The number of sulfonamides is 1.